The number of hydrogen-bond acceptors (Lipinski definition) is 4. The Morgan fingerprint density at radius 2 is 2.10 bits per heavy atom. The fraction of sp³-hybridized carbons (Fsp3) is 0.533. The van der Waals surface area contributed by atoms with Crippen molar-refractivity contribution >= 4 is 28.9 Å². The van der Waals surface area contributed by atoms with Crippen molar-refractivity contribution in [1.82, 2.24) is 0 Å². The topological polar surface area (TPSA) is 59.6 Å². The van der Waals surface area contributed by atoms with Crippen LogP contribution in [0, 0.1) is 0 Å². The highest BCUT2D eigenvalue weighted by atomic mass is 35.5. The minimum atomic E-state index is -0.155. The molecule has 0 unspecified atom stereocenters. The van der Waals surface area contributed by atoms with Crippen LogP contribution in [0.15, 0.2) is 12.1 Å². The molecule has 0 saturated heterocycles. The zero-order valence-electron chi connectivity index (χ0n) is 11.9. The summed E-state index contributed by atoms with van der Waals surface area (Å²) in [7, 11) is 1.77. The number of ether oxygens (including phenoxy) is 2. The summed E-state index contributed by atoms with van der Waals surface area (Å²) >= 11 is 6.29. The molecule has 1 fully saturated rings. The summed E-state index contributed by atoms with van der Waals surface area (Å²) in [5, 5.41) is 6.82. The van der Waals surface area contributed by atoms with E-state index >= 15 is 0 Å². The molecule has 1 amide bonds. The first kappa shape index (κ1) is 14.5. The average molecular weight is 311 g/mol. The van der Waals surface area contributed by atoms with Crippen molar-refractivity contribution in [2.45, 2.75) is 37.8 Å². The average Bonchev–Trinajstić information content (AvgIpc) is 2.49. The Hall–Kier alpha value is -1.46. The summed E-state index contributed by atoms with van der Waals surface area (Å²) in [4.78, 5) is 11.3. The van der Waals surface area contributed by atoms with E-state index in [0.717, 1.165) is 31.4 Å². The molecule has 2 N–H and O–H groups in total. The molecule has 0 spiro atoms. The number of anilines is 2. The van der Waals surface area contributed by atoms with E-state index in [1.165, 1.54) is 0 Å². The number of rotatable bonds is 3. The van der Waals surface area contributed by atoms with E-state index in [4.69, 9.17) is 21.1 Å². The van der Waals surface area contributed by atoms with Crippen LogP contribution >= 0.6 is 11.6 Å². The lowest BCUT2D eigenvalue weighted by Gasteiger charge is -2.29. The lowest BCUT2D eigenvalue weighted by atomic mass is 9.93. The van der Waals surface area contributed by atoms with Gasteiger partial charge in [-0.25, -0.2) is 0 Å². The molecule has 1 aromatic carbocycles. The first-order valence-electron chi connectivity index (χ1n) is 7.21. The number of carbonyl (C=O) groups is 1. The third-order valence-corrected chi connectivity index (χ3v) is 4.38. The van der Waals surface area contributed by atoms with Crippen molar-refractivity contribution in [3.05, 3.63) is 17.2 Å². The Labute approximate surface area is 128 Å². The van der Waals surface area contributed by atoms with Crippen LogP contribution in [0.25, 0.3) is 0 Å². The molecule has 21 heavy (non-hydrogen) atoms. The number of nitrogens with one attached hydrogen (secondary N) is 2. The van der Waals surface area contributed by atoms with Gasteiger partial charge in [0.1, 0.15) is 5.75 Å². The van der Waals surface area contributed by atoms with Gasteiger partial charge < -0.3 is 20.1 Å². The van der Waals surface area contributed by atoms with Crippen molar-refractivity contribution in [2.24, 2.45) is 0 Å². The van der Waals surface area contributed by atoms with Gasteiger partial charge in [0.05, 0.1) is 22.5 Å². The molecule has 1 aromatic rings. The lowest BCUT2D eigenvalue weighted by molar-refractivity contribution is -0.118. The first-order valence-corrected chi connectivity index (χ1v) is 7.59. The SMILES string of the molecule is COC1CCC(Nc2cc3c(cc2Cl)NC(=O)CO3)CC1. The minimum absolute atomic E-state index is 0.0486. The standard InChI is InChI=1S/C15H19ClN2O3/c1-20-10-4-2-9(3-5-10)17-12-7-14-13(6-11(12)16)18-15(19)8-21-14/h6-7,9-10,17H,2-5,8H2,1H3,(H,18,19). The minimum Gasteiger partial charge on any atom is -0.482 e. The molecule has 1 aliphatic carbocycles. The van der Waals surface area contributed by atoms with Gasteiger partial charge in [-0.1, -0.05) is 11.6 Å². The van der Waals surface area contributed by atoms with Gasteiger partial charge in [0.15, 0.2) is 6.61 Å². The zero-order valence-corrected chi connectivity index (χ0v) is 12.7. The predicted octanol–water partition coefficient (Wildman–Crippen LogP) is 3.04. The molecule has 1 saturated carbocycles. The third kappa shape index (κ3) is 3.24. The van der Waals surface area contributed by atoms with E-state index in [-0.39, 0.29) is 12.5 Å². The zero-order chi connectivity index (χ0) is 14.8. The maximum atomic E-state index is 11.3. The van der Waals surface area contributed by atoms with Gasteiger partial charge in [0, 0.05) is 19.2 Å². The number of methoxy groups -OCH3 is 1. The third-order valence-electron chi connectivity index (χ3n) is 4.07. The molecule has 5 nitrogen and oxygen atoms in total. The fourth-order valence-electron chi connectivity index (χ4n) is 2.87. The number of hydrogen-bond donors (Lipinski definition) is 2. The summed E-state index contributed by atoms with van der Waals surface area (Å²) in [5.74, 6) is 0.504. The Morgan fingerprint density at radius 1 is 1.33 bits per heavy atom. The van der Waals surface area contributed by atoms with Crippen molar-refractivity contribution in [3.8, 4) is 5.75 Å². The molecule has 1 aliphatic heterocycles. The first-order chi connectivity index (χ1) is 10.2. The Morgan fingerprint density at radius 3 is 2.81 bits per heavy atom. The van der Waals surface area contributed by atoms with Gasteiger partial charge in [-0.2, -0.15) is 0 Å². The normalized spacial score (nSPS) is 24.8. The molecular formula is C15H19ClN2O3. The van der Waals surface area contributed by atoms with E-state index in [1.807, 2.05) is 6.07 Å². The monoisotopic (exact) mass is 310 g/mol. The molecule has 1 heterocycles. The highest BCUT2D eigenvalue weighted by Crippen LogP contribution is 2.37. The number of carbonyl (C=O) groups excluding carboxylic acids is 1. The molecular weight excluding hydrogens is 292 g/mol. The molecule has 6 heteroatoms. The number of benzene rings is 1. The molecule has 0 aromatic heterocycles. The summed E-state index contributed by atoms with van der Waals surface area (Å²) in [6.07, 6.45) is 4.61. The second-order valence-electron chi connectivity index (χ2n) is 5.52. The summed E-state index contributed by atoms with van der Waals surface area (Å²) in [5.41, 5.74) is 1.48. The molecule has 3 rings (SSSR count). The van der Waals surface area contributed by atoms with Gasteiger partial charge >= 0.3 is 0 Å². The molecule has 2 aliphatic rings. The smallest absolute Gasteiger partial charge is 0.262 e. The lowest BCUT2D eigenvalue weighted by Crippen LogP contribution is -2.29. The van der Waals surface area contributed by atoms with Crippen LogP contribution in [0.2, 0.25) is 5.02 Å². The van der Waals surface area contributed by atoms with Gasteiger partial charge in [0.25, 0.3) is 5.91 Å². The maximum Gasteiger partial charge on any atom is 0.262 e. The Kier molecular flexibility index (Phi) is 4.22. The van der Waals surface area contributed by atoms with E-state index in [0.29, 0.717) is 28.6 Å². The van der Waals surface area contributed by atoms with Crippen molar-refractivity contribution in [3.63, 3.8) is 0 Å². The highest BCUT2D eigenvalue weighted by Gasteiger charge is 2.23. The van der Waals surface area contributed by atoms with Gasteiger partial charge in [-0.05, 0) is 31.7 Å². The highest BCUT2D eigenvalue weighted by molar-refractivity contribution is 6.33. The quantitative estimate of drug-likeness (QED) is 0.901. The molecule has 0 bridgehead atoms. The van der Waals surface area contributed by atoms with Crippen molar-refractivity contribution in [1.29, 1.82) is 0 Å². The Balaban J connectivity index is 1.70. The molecule has 0 atom stereocenters. The summed E-state index contributed by atoms with van der Waals surface area (Å²) in [6, 6.07) is 3.99. The number of amides is 1. The van der Waals surface area contributed by atoms with Gasteiger partial charge in [-0.15, -0.1) is 0 Å². The van der Waals surface area contributed by atoms with E-state index in [1.54, 1.807) is 13.2 Å². The van der Waals surface area contributed by atoms with Crippen LogP contribution in [0.1, 0.15) is 25.7 Å². The van der Waals surface area contributed by atoms with Gasteiger partial charge in [0.2, 0.25) is 0 Å². The predicted molar refractivity (Wildman–Crippen MR) is 82.3 cm³/mol. The van der Waals surface area contributed by atoms with Crippen LogP contribution in [0.3, 0.4) is 0 Å². The van der Waals surface area contributed by atoms with Crippen molar-refractivity contribution < 1.29 is 14.3 Å². The van der Waals surface area contributed by atoms with Gasteiger partial charge in [-0.3, -0.25) is 4.79 Å². The van der Waals surface area contributed by atoms with Crippen LogP contribution in [0.4, 0.5) is 11.4 Å². The summed E-state index contributed by atoms with van der Waals surface area (Å²) < 4.78 is 10.8. The van der Waals surface area contributed by atoms with E-state index in [9.17, 15) is 4.79 Å². The van der Waals surface area contributed by atoms with Crippen LogP contribution < -0.4 is 15.4 Å². The Bertz CT molecular complexity index is 542. The second-order valence-corrected chi connectivity index (χ2v) is 5.93. The fourth-order valence-corrected chi connectivity index (χ4v) is 3.09. The molecule has 0 radical (unpaired) electrons. The summed E-state index contributed by atoms with van der Waals surface area (Å²) in [6.45, 7) is 0.0486. The maximum absolute atomic E-state index is 11.3. The largest absolute Gasteiger partial charge is 0.482 e. The second kappa shape index (κ2) is 6.12. The van der Waals surface area contributed by atoms with E-state index in [2.05, 4.69) is 10.6 Å². The van der Waals surface area contributed by atoms with Crippen LogP contribution in [-0.4, -0.2) is 31.8 Å². The number of fused-ring (bicyclic) bond motifs is 1. The van der Waals surface area contributed by atoms with Crippen molar-refractivity contribution in [2.75, 3.05) is 24.4 Å². The molecule has 114 valence electrons. The van der Waals surface area contributed by atoms with Crippen LogP contribution in [0.5, 0.6) is 5.75 Å². The van der Waals surface area contributed by atoms with E-state index < -0.39 is 0 Å². The van der Waals surface area contributed by atoms with Crippen LogP contribution in [-0.2, 0) is 9.53 Å². The number of halogens is 1.